The van der Waals surface area contributed by atoms with E-state index in [1.54, 1.807) is 6.07 Å². The van der Waals surface area contributed by atoms with Crippen LogP contribution in [0.2, 0.25) is 0 Å². The fraction of sp³-hybridized carbons (Fsp3) is 0.562. The minimum Gasteiger partial charge on any atom is -0.504 e. The van der Waals surface area contributed by atoms with E-state index >= 15 is 0 Å². The number of phenolic OH excluding ortho intramolecular Hbond substituents is 1. The maximum Gasteiger partial charge on any atom is 0.303 e. The number of aliphatic carboxylic acids is 1. The first-order chi connectivity index (χ1) is 10.1. The molecule has 0 amide bonds. The lowest BCUT2D eigenvalue weighted by Crippen LogP contribution is -2.20. The van der Waals surface area contributed by atoms with Crippen LogP contribution in [0.3, 0.4) is 0 Å². The lowest BCUT2D eigenvalue weighted by atomic mass is 10.0. The van der Waals surface area contributed by atoms with Gasteiger partial charge in [-0.25, -0.2) is 0 Å². The topological polar surface area (TPSA) is 70.0 Å². The van der Waals surface area contributed by atoms with Crippen LogP contribution >= 0.6 is 0 Å². The van der Waals surface area contributed by atoms with Crippen LogP contribution in [0.4, 0.5) is 0 Å². The number of carboxylic acid groups (broad SMARTS) is 1. The zero-order chi connectivity index (χ0) is 15.2. The van der Waals surface area contributed by atoms with Crippen molar-refractivity contribution in [2.75, 3.05) is 19.7 Å². The first-order valence-corrected chi connectivity index (χ1v) is 7.47. The quantitative estimate of drug-likeness (QED) is 0.808. The minimum absolute atomic E-state index is 0.168. The van der Waals surface area contributed by atoms with E-state index in [1.165, 1.54) is 0 Å². The number of likely N-dealkylation sites (tertiary alicyclic amines) is 1. The van der Waals surface area contributed by atoms with E-state index in [1.807, 2.05) is 19.1 Å². The van der Waals surface area contributed by atoms with Gasteiger partial charge in [0, 0.05) is 19.5 Å². The molecule has 0 aliphatic carbocycles. The van der Waals surface area contributed by atoms with Crippen LogP contribution in [0.1, 0.15) is 31.7 Å². The fourth-order valence-corrected chi connectivity index (χ4v) is 2.81. The average molecular weight is 293 g/mol. The first-order valence-electron chi connectivity index (χ1n) is 7.47. The van der Waals surface area contributed by atoms with Crippen molar-refractivity contribution in [1.82, 2.24) is 4.90 Å². The Morgan fingerprint density at radius 1 is 1.48 bits per heavy atom. The second-order valence-corrected chi connectivity index (χ2v) is 5.56. The minimum atomic E-state index is -0.714. The third-order valence-electron chi connectivity index (χ3n) is 3.87. The summed E-state index contributed by atoms with van der Waals surface area (Å²) in [7, 11) is 0. The van der Waals surface area contributed by atoms with Gasteiger partial charge in [0.05, 0.1) is 6.61 Å². The molecule has 2 N–H and O–H groups in total. The van der Waals surface area contributed by atoms with Gasteiger partial charge in [-0.2, -0.15) is 0 Å². The Balaban J connectivity index is 1.88. The Bertz CT molecular complexity index is 489. The molecule has 116 valence electrons. The highest BCUT2D eigenvalue weighted by atomic mass is 16.5. The lowest BCUT2D eigenvalue weighted by Gasteiger charge is -2.17. The van der Waals surface area contributed by atoms with Crippen LogP contribution in [-0.4, -0.2) is 40.8 Å². The number of hydrogen-bond donors (Lipinski definition) is 2. The van der Waals surface area contributed by atoms with E-state index < -0.39 is 5.97 Å². The number of aromatic hydroxyl groups is 1. The molecule has 21 heavy (non-hydrogen) atoms. The number of hydrogen-bond acceptors (Lipinski definition) is 4. The van der Waals surface area contributed by atoms with E-state index in [2.05, 4.69) is 4.90 Å². The van der Waals surface area contributed by atoms with Crippen LogP contribution in [0.5, 0.6) is 11.5 Å². The summed E-state index contributed by atoms with van der Waals surface area (Å²) in [5.41, 5.74) is 1.11. The summed E-state index contributed by atoms with van der Waals surface area (Å²) in [5, 5.41) is 18.4. The monoisotopic (exact) mass is 293 g/mol. The molecule has 1 heterocycles. The van der Waals surface area contributed by atoms with Gasteiger partial charge in [0.25, 0.3) is 0 Å². The molecule has 0 saturated carbocycles. The molecule has 1 aliphatic rings. The van der Waals surface area contributed by atoms with E-state index in [0.29, 0.717) is 18.3 Å². The molecule has 0 aromatic heterocycles. The zero-order valence-corrected chi connectivity index (χ0v) is 12.4. The van der Waals surface area contributed by atoms with Gasteiger partial charge in [-0.1, -0.05) is 6.07 Å². The molecule has 1 aromatic rings. The van der Waals surface area contributed by atoms with Gasteiger partial charge < -0.3 is 14.9 Å². The molecule has 0 spiro atoms. The van der Waals surface area contributed by atoms with Crippen LogP contribution in [0.15, 0.2) is 18.2 Å². The van der Waals surface area contributed by atoms with E-state index in [0.717, 1.165) is 38.0 Å². The van der Waals surface area contributed by atoms with Crippen molar-refractivity contribution in [1.29, 1.82) is 0 Å². The highest BCUT2D eigenvalue weighted by molar-refractivity contribution is 5.66. The van der Waals surface area contributed by atoms with Crippen LogP contribution in [0, 0.1) is 5.92 Å². The average Bonchev–Trinajstić information content (AvgIpc) is 2.88. The summed E-state index contributed by atoms with van der Waals surface area (Å²) < 4.78 is 5.39. The van der Waals surface area contributed by atoms with Gasteiger partial charge in [-0.3, -0.25) is 9.69 Å². The molecule has 0 bridgehead atoms. The predicted octanol–water partition coefficient (Wildman–Crippen LogP) is 2.48. The Kier molecular flexibility index (Phi) is 5.44. The normalized spacial score (nSPS) is 18.8. The molecule has 1 aromatic carbocycles. The summed E-state index contributed by atoms with van der Waals surface area (Å²) in [4.78, 5) is 12.9. The first kappa shape index (κ1) is 15.6. The number of carboxylic acids is 1. The molecule has 1 aliphatic heterocycles. The van der Waals surface area contributed by atoms with Gasteiger partial charge in [0.2, 0.25) is 0 Å². The lowest BCUT2D eigenvalue weighted by molar-refractivity contribution is -0.137. The van der Waals surface area contributed by atoms with E-state index in [9.17, 15) is 9.90 Å². The molecule has 1 saturated heterocycles. The van der Waals surface area contributed by atoms with Crippen molar-refractivity contribution >= 4 is 5.97 Å². The molecule has 1 fully saturated rings. The van der Waals surface area contributed by atoms with Gasteiger partial charge >= 0.3 is 5.97 Å². The Hall–Kier alpha value is -1.75. The van der Waals surface area contributed by atoms with Crippen molar-refractivity contribution in [3.8, 4) is 11.5 Å². The van der Waals surface area contributed by atoms with Crippen molar-refractivity contribution in [2.24, 2.45) is 5.92 Å². The Labute approximate surface area is 125 Å². The predicted molar refractivity (Wildman–Crippen MR) is 79.5 cm³/mol. The molecule has 0 radical (unpaired) electrons. The van der Waals surface area contributed by atoms with Crippen molar-refractivity contribution in [2.45, 2.75) is 32.7 Å². The highest BCUT2D eigenvalue weighted by Crippen LogP contribution is 2.29. The van der Waals surface area contributed by atoms with Crippen molar-refractivity contribution in [3.63, 3.8) is 0 Å². The van der Waals surface area contributed by atoms with Crippen molar-refractivity contribution in [3.05, 3.63) is 23.8 Å². The summed E-state index contributed by atoms with van der Waals surface area (Å²) in [6.07, 6.45) is 2.07. The number of ether oxygens (including phenoxy) is 1. The fourth-order valence-electron chi connectivity index (χ4n) is 2.81. The number of benzene rings is 1. The number of carbonyl (C=O) groups is 1. The number of rotatable bonds is 7. The summed E-state index contributed by atoms with van der Waals surface area (Å²) in [6.45, 7) is 5.16. The molecule has 1 atom stereocenters. The van der Waals surface area contributed by atoms with E-state index in [-0.39, 0.29) is 12.2 Å². The van der Waals surface area contributed by atoms with Crippen LogP contribution in [0.25, 0.3) is 0 Å². The highest BCUT2D eigenvalue weighted by Gasteiger charge is 2.23. The van der Waals surface area contributed by atoms with Crippen molar-refractivity contribution < 1.29 is 19.7 Å². The summed E-state index contributed by atoms with van der Waals surface area (Å²) in [5.74, 6) is 0.455. The maximum atomic E-state index is 10.6. The Morgan fingerprint density at radius 2 is 2.29 bits per heavy atom. The molecule has 2 rings (SSSR count). The third-order valence-corrected chi connectivity index (χ3v) is 3.87. The number of nitrogens with zero attached hydrogens (tertiary/aromatic N) is 1. The second-order valence-electron chi connectivity index (χ2n) is 5.56. The van der Waals surface area contributed by atoms with Gasteiger partial charge in [-0.05, 0) is 49.9 Å². The molecule has 5 nitrogen and oxygen atoms in total. The molecular formula is C16H23NO4. The second kappa shape index (κ2) is 7.31. The van der Waals surface area contributed by atoms with Gasteiger partial charge in [-0.15, -0.1) is 0 Å². The molecular weight excluding hydrogens is 270 g/mol. The number of phenols is 1. The maximum absolute atomic E-state index is 10.6. The van der Waals surface area contributed by atoms with Crippen LogP contribution < -0.4 is 4.74 Å². The summed E-state index contributed by atoms with van der Waals surface area (Å²) in [6, 6.07) is 5.45. The molecule has 5 heteroatoms. The molecule has 1 unspecified atom stereocenters. The van der Waals surface area contributed by atoms with Gasteiger partial charge in [0.1, 0.15) is 0 Å². The van der Waals surface area contributed by atoms with E-state index in [4.69, 9.17) is 9.84 Å². The SMILES string of the molecule is CCOc1cc(CN2CCC(CCC(=O)O)C2)ccc1O. The standard InChI is InChI=1S/C16H23NO4/c1-2-21-15-9-13(3-5-14(15)18)11-17-8-7-12(10-17)4-6-16(19)20/h3,5,9,12,18H,2,4,6-8,10-11H2,1H3,(H,19,20). The summed E-state index contributed by atoms with van der Waals surface area (Å²) >= 11 is 0. The van der Waals surface area contributed by atoms with Gasteiger partial charge in [0.15, 0.2) is 11.5 Å². The zero-order valence-electron chi connectivity index (χ0n) is 12.4. The largest absolute Gasteiger partial charge is 0.504 e. The van der Waals surface area contributed by atoms with Crippen LogP contribution in [-0.2, 0) is 11.3 Å². The smallest absolute Gasteiger partial charge is 0.303 e. The third kappa shape index (κ3) is 4.63. The Morgan fingerprint density at radius 3 is 3.00 bits per heavy atom.